The molecule has 0 spiro atoms. The molecule has 0 radical (unpaired) electrons. The van der Waals surface area contributed by atoms with Gasteiger partial charge in [0, 0.05) is 30.6 Å². The lowest BCUT2D eigenvalue weighted by molar-refractivity contribution is 0.147. The van der Waals surface area contributed by atoms with Crippen molar-refractivity contribution in [1.29, 1.82) is 0 Å². The lowest BCUT2D eigenvalue weighted by Gasteiger charge is -2.13. The van der Waals surface area contributed by atoms with Gasteiger partial charge < -0.3 is 14.6 Å². The first kappa shape index (κ1) is 22.6. The Morgan fingerprint density at radius 1 is 1.06 bits per heavy atom. The van der Waals surface area contributed by atoms with E-state index in [2.05, 4.69) is 16.0 Å². The Morgan fingerprint density at radius 2 is 1.74 bits per heavy atom. The van der Waals surface area contributed by atoms with Gasteiger partial charge in [-0.25, -0.2) is 13.2 Å². The highest BCUT2D eigenvalue weighted by Crippen LogP contribution is 2.30. The number of carbonyl (C=O) groups excluding carboxylic acids is 1. The molecule has 1 aromatic heterocycles. The summed E-state index contributed by atoms with van der Waals surface area (Å²) in [6.07, 6.45) is 2.24. The summed E-state index contributed by atoms with van der Waals surface area (Å²) in [7, 11) is -3.26. The monoisotopic (exact) mass is 440 g/mol. The molecule has 0 aliphatic rings. The molecule has 1 amide bonds. The van der Waals surface area contributed by atoms with E-state index in [-0.39, 0.29) is 11.5 Å². The van der Waals surface area contributed by atoms with Crippen molar-refractivity contribution in [3.05, 3.63) is 71.9 Å². The fraction of sp³-hybridized carbons (Fsp3) is 0.292. The molecule has 0 atom stereocenters. The molecule has 2 aromatic carbocycles. The number of aromatic nitrogens is 1. The van der Waals surface area contributed by atoms with Crippen LogP contribution in [0.3, 0.4) is 0 Å². The van der Waals surface area contributed by atoms with Gasteiger partial charge in [-0.1, -0.05) is 37.3 Å². The molecule has 6 nitrogen and oxygen atoms in total. The number of benzene rings is 2. The van der Waals surface area contributed by atoms with Crippen LogP contribution in [0.25, 0.3) is 16.9 Å². The standard InChI is InChI=1S/C24H28N2O4S/c1-4-15-25-24(27)30-16-14-20-17-23(19-10-12-22(13-11-19)31(3,28)29)26(18(20)2)21-8-6-5-7-9-21/h5-13,17H,4,14-16H2,1-3H3,(H,25,27). The van der Waals surface area contributed by atoms with Crippen LogP contribution in [-0.2, 0) is 21.0 Å². The molecule has 1 N–H and O–H groups in total. The van der Waals surface area contributed by atoms with Crippen molar-refractivity contribution in [3.8, 4) is 16.9 Å². The van der Waals surface area contributed by atoms with E-state index in [4.69, 9.17) is 4.74 Å². The Kier molecular flexibility index (Phi) is 7.17. The smallest absolute Gasteiger partial charge is 0.407 e. The van der Waals surface area contributed by atoms with Crippen molar-refractivity contribution in [1.82, 2.24) is 9.88 Å². The maximum Gasteiger partial charge on any atom is 0.407 e. The van der Waals surface area contributed by atoms with Crippen LogP contribution >= 0.6 is 0 Å². The summed E-state index contributed by atoms with van der Waals surface area (Å²) in [5.41, 5.74) is 4.98. The molecule has 0 saturated carbocycles. The van der Waals surface area contributed by atoms with E-state index in [9.17, 15) is 13.2 Å². The first-order valence-electron chi connectivity index (χ1n) is 10.3. The molecular weight excluding hydrogens is 412 g/mol. The van der Waals surface area contributed by atoms with Gasteiger partial charge in [-0.15, -0.1) is 0 Å². The average molecular weight is 441 g/mol. The predicted octanol–water partition coefficient (Wildman–Crippen LogP) is 4.53. The van der Waals surface area contributed by atoms with Crippen LogP contribution in [0.15, 0.2) is 65.6 Å². The molecule has 0 fully saturated rings. The van der Waals surface area contributed by atoms with Gasteiger partial charge in [0.15, 0.2) is 9.84 Å². The van der Waals surface area contributed by atoms with Gasteiger partial charge in [0.25, 0.3) is 0 Å². The van der Waals surface area contributed by atoms with Crippen LogP contribution in [-0.4, -0.2) is 38.5 Å². The summed E-state index contributed by atoms with van der Waals surface area (Å²) in [5.74, 6) is 0. The SMILES string of the molecule is CCCNC(=O)OCCc1cc(-c2ccc(S(C)(=O)=O)cc2)n(-c2ccccc2)c1C. The Labute approximate surface area is 183 Å². The van der Waals surface area contributed by atoms with Crippen LogP contribution < -0.4 is 5.32 Å². The van der Waals surface area contributed by atoms with Crippen molar-refractivity contribution < 1.29 is 17.9 Å². The zero-order valence-corrected chi connectivity index (χ0v) is 18.9. The highest BCUT2D eigenvalue weighted by molar-refractivity contribution is 7.90. The normalized spacial score (nSPS) is 11.3. The number of nitrogens with one attached hydrogen (secondary N) is 1. The third kappa shape index (κ3) is 5.55. The molecule has 0 unspecified atom stereocenters. The Bertz CT molecular complexity index is 1130. The van der Waals surface area contributed by atoms with Crippen molar-refractivity contribution >= 4 is 15.9 Å². The number of nitrogens with zero attached hydrogens (tertiary/aromatic N) is 1. The first-order chi connectivity index (χ1) is 14.8. The van der Waals surface area contributed by atoms with E-state index in [1.54, 1.807) is 12.1 Å². The number of hydrogen-bond acceptors (Lipinski definition) is 4. The van der Waals surface area contributed by atoms with Gasteiger partial charge in [0.2, 0.25) is 0 Å². The minimum absolute atomic E-state index is 0.279. The van der Waals surface area contributed by atoms with Crippen molar-refractivity contribution in [2.75, 3.05) is 19.4 Å². The van der Waals surface area contributed by atoms with Gasteiger partial charge in [0.1, 0.15) is 0 Å². The van der Waals surface area contributed by atoms with Gasteiger partial charge in [-0.2, -0.15) is 0 Å². The van der Waals surface area contributed by atoms with Crippen LogP contribution in [0.5, 0.6) is 0 Å². The molecule has 1 heterocycles. The molecule has 3 aromatic rings. The summed E-state index contributed by atoms with van der Waals surface area (Å²) in [5, 5.41) is 2.70. The van der Waals surface area contributed by atoms with E-state index >= 15 is 0 Å². The largest absolute Gasteiger partial charge is 0.449 e. The van der Waals surface area contributed by atoms with E-state index in [1.165, 1.54) is 6.26 Å². The predicted molar refractivity (Wildman–Crippen MR) is 122 cm³/mol. The van der Waals surface area contributed by atoms with Crippen molar-refractivity contribution in [2.45, 2.75) is 31.6 Å². The lowest BCUT2D eigenvalue weighted by atomic mass is 10.1. The zero-order chi connectivity index (χ0) is 22.4. The van der Waals surface area contributed by atoms with E-state index in [0.29, 0.717) is 13.0 Å². The summed E-state index contributed by atoms with van der Waals surface area (Å²) in [6.45, 7) is 4.89. The Hall–Kier alpha value is -3.06. The van der Waals surface area contributed by atoms with Crippen LogP contribution in [0.1, 0.15) is 24.6 Å². The maximum atomic E-state index is 11.8. The number of alkyl carbamates (subject to hydrolysis) is 1. The average Bonchev–Trinajstić information content (AvgIpc) is 3.08. The molecule has 0 bridgehead atoms. The quantitative estimate of drug-likeness (QED) is 0.558. The summed E-state index contributed by atoms with van der Waals surface area (Å²) < 4.78 is 31.1. The van der Waals surface area contributed by atoms with Gasteiger partial charge >= 0.3 is 6.09 Å². The maximum absolute atomic E-state index is 11.8. The van der Waals surface area contributed by atoms with E-state index in [0.717, 1.165) is 34.6 Å². The molecule has 3 rings (SSSR count). The fourth-order valence-electron chi connectivity index (χ4n) is 3.44. The molecule has 0 aliphatic heterocycles. The second-order valence-electron chi connectivity index (χ2n) is 7.42. The van der Waals surface area contributed by atoms with Gasteiger partial charge in [0.05, 0.1) is 17.2 Å². The van der Waals surface area contributed by atoms with Crippen LogP contribution in [0, 0.1) is 6.92 Å². The van der Waals surface area contributed by atoms with E-state index in [1.807, 2.05) is 56.3 Å². The second kappa shape index (κ2) is 9.83. The number of sulfone groups is 1. The minimum Gasteiger partial charge on any atom is -0.449 e. The molecule has 164 valence electrons. The number of ether oxygens (including phenoxy) is 1. The van der Waals surface area contributed by atoms with Crippen molar-refractivity contribution in [3.63, 3.8) is 0 Å². The summed E-state index contributed by atoms with van der Waals surface area (Å²) >= 11 is 0. The summed E-state index contributed by atoms with van der Waals surface area (Å²) in [4.78, 5) is 12.0. The highest BCUT2D eigenvalue weighted by Gasteiger charge is 2.16. The number of para-hydroxylation sites is 1. The lowest BCUT2D eigenvalue weighted by Crippen LogP contribution is -2.25. The zero-order valence-electron chi connectivity index (χ0n) is 18.1. The van der Waals surface area contributed by atoms with Crippen LogP contribution in [0.2, 0.25) is 0 Å². The molecule has 0 saturated heterocycles. The fourth-order valence-corrected chi connectivity index (χ4v) is 4.07. The highest BCUT2D eigenvalue weighted by atomic mass is 32.2. The topological polar surface area (TPSA) is 77.4 Å². The second-order valence-corrected chi connectivity index (χ2v) is 9.44. The van der Waals surface area contributed by atoms with Crippen molar-refractivity contribution in [2.24, 2.45) is 0 Å². The molecule has 7 heteroatoms. The van der Waals surface area contributed by atoms with Crippen LogP contribution in [0.4, 0.5) is 4.79 Å². The van der Waals surface area contributed by atoms with Gasteiger partial charge in [-0.05, 0) is 54.8 Å². The third-order valence-electron chi connectivity index (χ3n) is 5.07. The molecular formula is C24H28N2O4S. The number of carbonyl (C=O) groups is 1. The summed E-state index contributed by atoms with van der Waals surface area (Å²) in [6, 6.07) is 19.0. The molecule has 0 aliphatic carbocycles. The Morgan fingerprint density at radius 3 is 2.35 bits per heavy atom. The third-order valence-corrected chi connectivity index (χ3v) is 6.20. The van der Waals surface area contributed by atoms with Gasteiger partial charge in [-0.3, -0.25) is 0 Å². The van der Waals surface area contributed by atoms with E-state index < -0.39 is 15.9 Å². The Balaban J connectivity index is 1.92. The number of rotatable bonds is 8. The number of hydrogen-bond donors (Lipinski definition) is 1. The molecule has 31 heavy (non-hydrogen) atoms. The number of amides is 1. The first-order valence-corrected chi connectivity index (χ1v) is 12.2. The minimum atomic E-state index is -3.26.